The number of amides is 4. The molecule has 0 aliphatic carbocycles. The van der Waals surface area contributed by atoms with Gasteiger partial charge in [-0.05, 0) is 31.4 Å². The van der Waals surface area contributed by atoms with Gasteiger partial charge < -0.3 is 9.42 Å². The topological polar surface area (TPSA) is 139 Å². The molecule has 36 heavy (non-hydrogen) atoms. The van der Waals surface area contributed by atoms with Gasteiger partial charge in [-0.1, -0.05) is 17.3 Å². The molecule has 1 unspecified atom stereocenters. The number of fused-ring (bicyclic) bond motifs is 1. The van der Waals surface area contributed by atoms with Crippen LogP contribution < -0.4 is 5.32 Å². The Morgan fingerprint density at radius 1 is 1.11 bits per heavy atom. The number of rotatable bonds is 4. The van der Waals surface area contributed by atoms with Gasteiger partial charge in [-0.3, -0.25) is 34.4 Å². The first-order valence-corrected chi connectivity index (χ1v) is 11.5. The van der Waals surface area contributed by atoms with E-state index in [1.165, 1.54) is 6.20 Å². The predicted molar refractivity (Wildman–Crippen MR) is 120 cm³/mol. The van der Waals surface area contributed by atoms with Crippen LogP contribution >= 0.6 is 0 Å². The normalized spacial score (nSPS) is 20.4. The number of imide groups is 2. The van der Waals surface area contributed by atoms with Crippen molar-refractivity contribution >= 4 is 34.5 Å². The van der Waals surface area contributed by atoms with Gasteiger partial charge >= 0.3 is 0 Å². The second-order valence-corrected chi connectivity index (χ2v) is 8.81. The Morgan fingerprint density at radius 3 is 2.81 bits per heavy atom. The molecule has 3 aromatic rings. The second kappa shape index (κ2) is 8.33. The zero-order valence-electron chi connectivity index (χ0n) is 18.9. The van der Waals surface area contributed by atoms with E-state index in [1.54, 1.807) is 29.2 Å². The first-order chi connectivity index (χ1) is 17.4. The number of hydrogen-bond acceptors (Lipinski definition) is 9. The van der Waals surface area contributed by atoms with Crippen molar-refractivity contribution in [1.29, 1.82) is 0 Å². The van der Waals surface area contributed by atoms with Crippen molar-refractivity contribution in [2.75, 3.05) is 6.54 Å². The lowest BCUT2D eigenvalue weighted by molar-refractivity contribution is -0.150. The van der Waals surface area contributed by atoms with Gasteiger partial charge in [0.1, 0.15) is 17.3 Å². The highest BCUT2D eigenvalue weighted by atomic mass is 19.1. The fraction of sp³-hybridized carbons (Fsp3) is 0.292. The Labute approximate surface area is 202 Å². The van der Waals surface area contributed by atoms with Crippen molar-refractivity contribution in [3.63, 3.8) is 0 Å². The Balaban J connectivity index is 1.26. The van der Waals surface area contributed by atoms with Crippen molar-refractivity contribution in [3.8, 4) is 11.4 Å². The molecular weight excluding hydrogens is 471 g/mol. The molecule has 0 spiro atoms. The van der Waals surface area contributed by atoms with Crippen LogP contribution in [-0.4, -0.2) is 61.1 Å². The fourth-order valence-corrected chi connectivity index (χ4v) is 4.94. The maximum Gasteiger partial charge on any atom is 0.278 e. The van der Waals surface area contributed by atoms with Gasteiger partial charge in [-0.2, -0.15) is 4.98 Å². The number of hydrogen-bond donors (Lipinski definition) is 1. The van der Waals surface area contributed by atoms with E-state index in [2.05, 4.69) is 20.4 Å². The zero-order chi connectivity index (χ0) is 25.0. The van der Waals surface area contributed by atoms with Gasteiger partial charge in [-0.25, -0.2) is 4.39 Å². The molecule has 1 saturated heterocycles. The molecule has 182 valence electrons. The quantitative estimate of drug-likeness (QED) is 0.538. The number of nitrogens with one attached hydrogen (secondary N) is 1. The van der Waals surface area contributed by atoms with E-state index in [1.807, 2.05) is 0 Å². The van der Waals surface area contributed by atoms with Crippen molar-refractivity contribution < 1.29 is 28.1 Å². The third-order valence-corrected chi connectivity index (χ3v) is 6.62. The molecule has 4 amide bonds. The van der Waals surface area contributed by atoms with Crippen LogP contribution in [0.15, 0.2) is 46.3 Å². The Hall–Kier alpha value is -4.48. The lowest BCUT2D eigenvalue weighted by atomic mass is 10.0. The van der Waals surface area contributed by atoms with E-state index in [0.29, 0.717) is 30.3 Å². The van der Waals surface area contributed by atoms with Crippen LogP contribution in [0.4, 0.5) is 4.39 Å². The van der Waals surface area contributed by atoms with Crippen LogP contribution in [0.3, 0.4) is 0 Å². The molecular formula is C24H19FN6O5. The number of nitrogens with zero attached hydrogens (tertiary/aromatic N) is 5. The third kappa shape index (κ3) is 3.44. The summed E-state index contributed by atoms with van der Waals surface area (Å²) in [6.07, 6.45) is 2.63. The first kappa shape index (κ1) is 22.0. The molecule has 2 aromatic heterocycles. The van der Waals surface area contributed by atoms with Crippen molar-refractivity contribution in [3.05, 3.63) is 53.4 Å². The number of carbonyl (C=O) groups is 4. The van der Waals surface area contributed by atoms with E-state index in [-0.39, 0.29) is 47.9 Å². The maximum absolute atomic E-state index is 15.0. The van der Waals surface area contributed by atoms with Gasteiger partial charge in [-0.15, -0.1) is 0 Å². The van der Waals surface area contributed by atoms with Gasteiger partial charge in [0, 0.05) is 30.1 Å². The zero-order valence-corrected chi connectivity index (χ0v) is 18.9. The summed E-state index contributed by atoms with van der Waals surface area (Å²) in [5, 5.41) is 6.73. The molecule has 3 aliphatic heterocycles. The summed E-state index contributed by atoms with van der Waals surface area (Å²) in [5.74, 6) is -2.59. The summed E-state index contributed by atoms with van der Waals surface area (Å²) in [5.41, 5.74) is 0.834. The van der Waals surface area contributed by atoms with Crippen molar-refractivity contribution in [2.45, 2.75) is 38.3 Å². The van der Waals surface area contributed by atoms with Gasteiger partial charge in [0.15, 0.2) is 5.82 Å². The van der Waals surface area contributed by atoms with E-state index in [9.17, 15) is 19.2 Å². The summed E-state index contributed by atoms with van der Waals surface area (Å²) in [6.45, 7) is 0.481. The van der Waals surface area contributed by atoms with Crippen LogP contribution in [0.1, 0.15) is 31.6 Å². The molecule has 12 heteroatoms. The fourth-order valence-electron chi connectivity index (χ4n) is 4.94. The summed E-state index contributed by atoms with van der Waals surface area (Å²) in [6, 6.07) is 5.69. The molecule has 5 heterocycles. The van der Waals surface area contributed by atoms with E-state index in [0.717, 1.165) is 4.90 Å². The lowest BCUT2D eigenvalue weighted by Crippen LogP contribution is -2.55. The van der Waals surface area contributed by atoms with E-state index < -0.39 is 35.5 Å². The lowest BCUT2D eigenvalue weighted by Gasteiger charge is -2.29. The van der Waals surface area contributed by atoms with Crippen LogP contribution in [-0.2, 0) is 25.7 Å². The molecule has 1 aromatic carbocycles. The molecule has 0 radical (unpaired) electrons. The van der Waals surface area contributed by atoms with Gasteiger partial charge in [0.25, 0.3) is 11.8 Å². The minimum absolute atomic E-state index is 0.0293. The second-order valence-electron chi connectivity index (χ2n) is 8.81. The van der Waals surface area contributed by atoms with Gasteiger partial charge in [0.2, 0.25) is 23.5 Å². The number of pyridine rings is 1. The smallest absolute Gasteiger partial charge is 0.278 e. The number of piperidine rings is 1. The Kier molecular flexibility index (Phi) is 5.09. The molecule has 1 atom stereocenters. The summed E-state index contributed by atoms with van der Waals surface area (Å²) >= 11 is 0. The minimum atomic E-state index is -1.03. The number of halogens is 1. The average molecular weight is 490 g/mol. The summed E-state index contributed by atoms with van der Waals surface area (Å²) in [7, 11) is 0. The maximum atomic E-state index is 15.0. The molecule has 1 fully saturated rings. The highest BCUT2D eigenvalue weighted by Gasteiger charge is 2.48. The number of carbonyl (C=O) groups excluding carboxylic acids is 4. The monoisotopic (exact) mass is 490 g/mol. The molecule has 0 saturated carbocycles. The van der Waals surface area contributed by atoms with E-state index >= 15 is 4.39 Å². The highest BCUT2D eigenvalue weighted by molar-refractivity contribution is 6.21. The summed E-state index contributed by atoms with van der Waals surface area (Å²) in [4.78, 5) is 61.2. The molecule has 11 nitrogen and oxygen atoms in total. The SMILES string of the molecule is O=C1CCC(N2C(=O)C3=C(C2=O)N(Cc2nc(-c4ccc5cccnc5c4F)no2)CCC3)C(=O)N1. The van der Waals surface area contributed by atoms with E-state index in [4.69, 9.17) is 4.52 Å². The Morgan fingerprint density at radius 2 is 1.97 bits per heavy atom. The Bertz CT molecular complexity index is 1500. The average Bonchev–Trinajstić information content (AvgIpc) is 3.43. The van der Waals surface area contributed by atoms with Crippen LogP contribution in [0, 0.1) is 5.82 Å². The molecule has 6 rings (SSSR count). The first-order valence-electron chi connectivity index (χ1n) is 11.5. The third-order valence-electron chi connectivity index (χ3n) is 6.62. The van der Waals surface area contributed by atoms with Crippen molar-refractivity contribution in [1.82, 2.24) is 30.2 Å². The predicted octanol–water partition coefficient (Wildman–Crippen LogP) is 1.45. The van der Waals surface area contributed by atoms with Gasteiger partial charge in [0.05, 0.1) is 12.1 Å². The molecule has 0 bridgehead atoms. The molecule has 1 N–H and O–H groups in total. The number of benzene rings is 1. The summed E-state index contributed by atoms with van der Waals surface area (Å²) < 4.78 is 20.4. The standard InChI is InChI=1S/C24H19FN6O5/c25-18-13(6-5-12-3-1-9-26-19(12)18)21-28-17(36-29-21)11-30-10-2-4-14-20(30)24(35)31(23(14)34)15-7-8-16(32)27-22(15)33/h1,3,5-6,9,15H,2,4,7-8,10-11H2,(H,27,32,33). The molecule has 3 aliphatic rings. The van der Waals surface area contributed by atoms with Crippen LogP contribution in [0.25, 0.3) is 22.3 Å². The van der Waals surface area contributed by atoms with Crippen LogP contribution in [0.5, 0.6) is 0 Å². The minimum Gasteiger partial charge on any atom is -0.357 e. The highest BCUT2D eigenvalue weighted by Crippen LogP contribution is 2.35. The van der Waals surface area contributed by atoms with Crippen LogP contribution in [0.2, 0.25) is 0 Å². The largest absolute Gasteiger partial charge is 0.357 e. The van der Waals surface area contributed by atoms with Crippen molar-refractivity contribution in [2.24, 2.45) is 0 Å². The number of aromatic nitrogens is 3.